The second-order valence-corrected chi connectivity index (χ2v) is 17.2. The summed E-state index contributed by atoms with van der Waals surface area (Å²) in [6.07, 6.45) is 49.0. The lowest BCUT2D eigenvalue weighted by atomic mass is 10.1. The van der Waals surface area contributed by atoms with Crippen LogP contribution in [0.4, 0.5) is 0 Å². The summed E-state index contributed by atoms with van der Waals surface area (Å²) in [5.41, 5.74) is 0. The van der Waals surface area contributed by atoms with Crippen molar-refractivity contribution >= 4 is 13.8 Å². The Kier molecular flexibility index (Phi) is 37.5. The van der Waals surface area contributed by atoms with Gasteiger partial charge in [0.15, 0.2) is 6.10 Å². The van der Waals surface area contributed by atoms with Crippen LogP contribution in [0.3, 0.4) is 0 Å². The summed E-state index contributed by atoms with van der Waals surface area (Å²) in [4.78, 5) is 25.0. The van der Waals surface area contributed by atoms with E-state index in [2.05, 4.69) is 62.5 Å². The number of esters is 1. The zero-order valence-electron chi connectivity index (χ0n) is 36.1. The van der Waals surface area contributed by atoms with Gasteiger partial charge in [0.2, 0.25) is 0 Å². The fourth-order valence-corrected chi connectivity index (χ4v) is 6.37. The number of allylic oxidation sites excluding steroid dienone is 9. The fourth-order valence-electron chi connectivity index (χ4n) is 5.64. The largest absolute Gasteiger partial charge is 0.756 e. The summed E-state index contributed by atoms with van der Waals surface area (Å²) >= 11 is 0. The molecule has 0 aliphatic carbocycles. The lowest BCUT2D eigenvalue weighted by Gasteiger charge is -2.28. The third-order valence-electron chi connectivity index (χ3n) is 9.11. The van der Waals surface area contributed by atoms with Crippen LogP contribution in [0.5, 0.6) is 0 Å². The van der Waals surface area contributed by atoms with Crippen molar-refractivity contribution in [2.75, 3.05) is 47.5 Å². The van der Waals surface area contributed by atoms with E-state index in [4.69, 9.17) is 18.5 Å². The van der Waals surface area contributed by atoms with Crippen LogP contribution in [0.1, 0.15) is 174 Å². The zero-order valence-corrected chi connectivity index (χ0v) is 37.0. The minimum atomic E-state index is -4.56. The molecule has 0 aromatic rings. The molecule has 0 spiro atoms. The Hall–Kier alpha value is -1.96. The molecule has 0 saturated carbocycles. The van der Waals surface area contributed by atoms with E-state index in [1.165, 1.54) is 116 Å². The first-order valence-electron chi connectivity index (χ1n) is 22.1. The topological polar surface area (TPSA) is 94.1 Å². The first-order chi connectivity index (χ1) is 26.6. The van der Waals surface area contributed by atoms with E-state index in [1.54, 1.807) is 6.26 Å². The number of carbonyl (C=O) groups is 1. The third-order valence-corrected chi connectivity index (χ3v) is 10.1. The number of hydrogen-bond acceptors (Lipinski definition) is 7. The third kappa shape index (κ3) is 43.0. The predicted octanol–water partition coefficient (Wildman–Crippen LogP) is 12.7. The summed E-state index contributed by atoms with van der Waals surface area (Å²) in [7, 11) is 1.28. The average Bonchev–Trinajstić information content (AvgIpc) is 3.13. The quantitative estimate of drug-likeness (QED) is 0.0152. The summed E-state index contributed by atoms with van der Waals surface area (Å²) < 4.78 is 34.3. The number of quaternary nitrogens is 1. The van der Waals surface area contributed by atoms with Gasteiger partial charge in [0.1, 0.15) is 19.8 Å². The van der Waals surface area contributed by atoms with E-state index < -0.39 is 19.9 Å². The Morgan fingerprint density at radius 2 is 1.02 bits per heavy atom. The molecule has 0 amide bonds. The molecule has 0 aromatic heterocycles. The van der Waals surface area contributed by atoms with Gasteiger partial charge in [-0.25, -0.2) is 0 Å². The second kappa shape index (κ2) is 38.9. The highest BCUT2D eigenvalue weighted by Crippen LogP contribution is 2.38. The van der Waals surface area contributed by atoms with Gasteiger partial charge >= 0.3 is 5.97 Å². The standard InChI is InChI=1S/C46H84NO7P/c1-6-8-10-12-14-16-18-20-22-24-25-27-29-31-33-35-37-39-46(48)54-45(44-53-55(49,50)52-42-40-47(3,4)5)43-51-41-38-36-34-32-30-28-26-23-21-19-17-15-13-11-9-7-2/h17,19-20,22,25,27,31,33,38,41,45H,6-16,18,21,23-24,26,28-30,32,34-37,39-40,42-44H2,1-5H3/b19-17-,22-20-,27-25-,33-31-,41-38-. The minimum Gasteiger partial charge on any atom is -0.756 e. The SMILES string of the molecule is CCCCCC/C=C\CCCCCCCC/C=C\OCC(COP(=O)([O-])OCC[N+](C)(C)C)OC(=O)CCC/C=C\C/C=C\C/C=C\CCCCCCCC. The molecule has 0 N–H and O–H groups in total. The Morgan fingerprint density at radius 1 is 0.582 bits per heavy atom. The maximum Gasteiger partial charge on any atom is 0.306 e. The summed E-state index contributed by atoms with van der Waals surface area (Å²) in [5, 5.41) is 0. The molecule has 0 saturated heterocycles. The van der Waals surface area contributed by atoms with Crippen molar-refractivity contribution in [1.29, 1.82) is 0 Å². The molecular formula is C46H84NO7P. The highest BCUT2D eigenvalue weighted by atomic mass is 31.2. The first-order valence-corrected chi connectivity index (χ1v) is 23.5. The summed E-state index contributed by atoms with van der Waals surface area (Å²) in [6, 6.07) is 0. The molecule has 2 atom stereocenters. The molecule has 9 heteroatoms. The molecule has 0 bridgehead atoms. The van der Waals surface area contributed by atoms with Crippen LogP contribution in [0, 0.1) is 0 Å². The molecule has 0 aliphatic rings. The van der Waals surface area contributed by atoms with Crippen LogP contribution < -0.4 is 4.89 Å². The van der Waals surface area contributed by atoms with E-state index >= 15 is 0 Å². The Labute approximate surface area is 339 Å². The smallest absolute Gasteiger partial charge is 0.306 e. The Bertz CT molecular complexity index is 1060. The summed E-state index contributed by atoms with van der Waals surface area (Å²) in [6.45, 7) is 4.64. The maximum atomic E-state index is 12.6. The van der Waals surface area contributed by atoms with Crippen molar-refractivity contribution in [2.24, 2.45) is 0 Å². The van der Waals surface area contributed by atoms with Gasteiger partial charge in [0.05, 0.1) is 34.0 Å². The van der Waals surface area contributed by atoms with Crippen molar-refractivity contribution in [1.82, 2.24) is 0 Å². The molecule has 0 radical (unpaired) electrons. The lowest BCUT2D eigenvalue weighted by Crippen LogP contribution is -2.37. The van der Waals surface area contributed by atoms with Crippen molar-refractivity contribution in [3.05, 3.63) is 60.9 Å². The molecule has 55 heavy (non-hydrogen) atoms. The predicted molar refractivity (Wildman–Crippen MR) is 231 cm³/mol. The first kappa shape index (κ1) is 53.0. The van der Waals surface area contributed by atoms with Gasteiger partial charge in [-0.15, -0.1) is 0 Å². The molecule has 0 aliphatic heterocycles. The van der Waals surface area contributed by atoms with Gasteiger partial charge in [-0.05, 0) is 83.1 Å². The van der Waals surface area contributed by atoms with Gasteiger partial charge in [-0.1, -0.05) is 140 Å². The molecule has 0 heterocycles. The van der Waals surface area contributed by atoms with Crippen molar-refractivity contribution in [2.45, 2.75) is 180 Å². The number of carbonyl (C=O) groups excluding carboxylic acids is 1. The molecular weight excluding hydrogens is 709 g/mol. The second-order valence-electron chi connectivity index (χ2n) is 15.8. The van der Waals surface area contributed by atoms with Gasteiger partial charge in [-0.3, -0.25) is 9.36 Å². The molecule has 0 aromatic carbocycles. The number of phosphoric ester groups is 1. The normalized spacial score (nSPS) is 14.3. The molecule has 0 rings (SSSR count). The minimum absolute atomic E-state index is 0.00420. The lowest BCUT2D eigenvalue weighted by molar-refractivity contribution is -0.870. The van der Waals surface area contributed by atoms with E-state index in [1.807, 2.05) is 27.2 Å². The number of hydrogen-bond donors (Lipinski definition) is 0. The van der Waals surface area contributed by atoms with Gasteiger partial charge in [0, 0.05) is 6.42 Å². The number of unbranched alkanes of at least 4 members (excludes halogenated alkanes) is 18. The van der Waals surface area contributed by atoms with Crippen LogP contribution in [-0.4, -0.2) is 64.1 Å². The van der Waals surface area contributed by atoms with Gasteiger partial charge in [0.25, 0.3) is 7.82 Å². The number of nitrogens with zero attached hydrogens (tertiary/aromatic N) is 1. The molecule has 2 unspecified atom stereocenters. The number of likely N-dealkylation sites (N-methyl/N-ethyl adjacent to an activating group) is 1. The molecule has 8 nitrogen and oxygen atoms in total. The van der Waals surface area contributed by atoms with E-state index in [0.29, 0.717) is 17.4 Å². The monoisotopic (exact) mass is 794 g/mol. The van der Waals surface area contributed by atoms with E-state index in [-0.39, 0.29) is 26.2 Å². The van der Waals surface area contributed by atoms with Gasteiger partial charge in [-0.2, -0.15) is 0 Å². The maximum absolute atomic E-state index is 12.6. The number of phosphoric acid groups is 1. The zero-order chi connectivity index (χ0) is 40.6. The molecule has 320 valence electrons. The Morgan fingerprint density at radius 3 is 1.55 bits per heavy atom. The van der Waals surface area contributed by atoms with Crippen molar-refractivity contribution in [3.63, 3.8) is 0 Å². The van der Waals surface area contributed by atoms with Crippen LogP contribution in [0.25, 0.3) is 0 Å². The average molecular weight is 794 g/mol. The number of ether oxygens (including phenoxy) is 2. The van der Waals surface area contributed by atoms with E-state index in [9.17, 15) is 14.3 Å². The van der Waals surface area contributed by atoms with Crippen LogP contribution >= 0.6 is 7.82 Å². The molecule has 0 fully saturated rings. The number of rotatable bonds is 40. The highest BCUT2D eigenvalue weighted by Gasteiger charge is 2.20. The highest BCUT2D eigenvalue weighted by molar-refractivity contribution is 7.45. The van der Waals surface area contributed by atoms with Gasteiger partial charge < -0.3 is 27.9 Å². The fraction of sp³-hybridized carbons (Fsp3) is 0.761. The van der Waals surface area contributed by atoms with Crippen LogP contribution in [-0.2, 0) is 27.9 Å². The van der Waals surface area contributed by atoms with Crippen molar-refractivity contribution < 1.29 is 37.3 Å². The van der Waals surface area contributed by atoms with Crippen LogP contribution in [0.15, 0.2) is 60.9 Å². The summed E-state index contributed by atoms with van der Waals surface area (Å²) in [5.74, 6) is -0.410. The van der Waals surface area contributed by atoms with E-state index in [0.717, 1.165) is 32.1 Å². The Balaban J connectivity index is 4.40. The van der Waals surface area contributed by atoms with Crippen molar-refractivity contribution in [3.8, 4) is 0 Å². The van der Waals surface area contributed by atoms with Crippen LogP contribution in [0.2, 0.25) is 0 Å².